The first-order valence-corrected chi connectivity index (χ1v) is 6.62. The first-order chi connectivity index (χ1) is 9.08. The number of hydrogen-bond donors (Lipinski definition) is 2. The number of carboxylic acid groups (broad SMARTS) is 1. The number of benzene rings is 1. The number of rotatable bonds is 6. The molecule has 4 heteroatoms. The molecule has 0 aliphatic heterocycles. The van der Waals surface area contributed by atoms with E-state index in [4.69, 9.17) is 0 Å². The third-order valence-electron chi connectivity index (χ3n) is 3.64. The monoisotopic (exact) mass is 261 g/mol. The molecule has 1 amide bonds. The van der Waals surface area contributed by atoms with Crippen LogP contribution >= 0.6 is 0 Å². The first-order valence-electron chi connectivity index (χ1n) is 6.62. The lowest BCUT2D eigenvalue weighted by atomic mass is 9.99. The average Bonchev–Trinajstić information content (AvgIpc) is 3.12. The third kappa shape index (κ3) is 3.81. The Morgan fingerprint density at radius 1 is 1.37 bits per heavy atom. The van der Waals surface area contributed by atoms with Gasteiger partial charge in [0.05, 0.1) is 5.92 Å². The van der Waals surface area contributed by atoms with Crippen molar-refractivity contribution < 1.29 is 14.7 Å². The number of amides is 1. The van der Waals surface area contributed by atoms with Crippen molar-refractivity contribution in [3.8, 4) is 0 Å². The zero-order valence-corrected chi connectivity index (χ0v) is 11.0. The molecule has 3 atom stereocenters. The molecular weight excluding hydrogens is 242 g/mol. The summed E-state index contributed by atoms with van der Waals surface area (Å²) in [6.45, 7) is 2.23. The van der Waals surface area contributed by atoms with Gasteiger partial charge in [-0.2, -0.15) is 0 Å². The molecular formula is C15H19NO3. The van der Waals surface area contributed by atoms with E-state index in [0.717, 1.165) is 12.0 Å². The minimum atomic E-state index is -0.868. The molecule has 1 aromatic carbocycles. The van der Waals surface area contributed by atoms with Gasteiger partial charge >= 0.3 is 5.97 Å². The molecule has 1 aromatic rings. The standard InChI is InChI=1S/C15H19NO3/c1-10-7-13(10)14(17)16-9-12(15(18)19)8-11-5-3-2-4-6-11/h2-6,10,12-13H,7-9H2,1H3,(H,16,17)(H,18,19)/t10-,12+,13-/m1/s1. The van der Waals surface area contributed by atoms with Gasteiger partial charge in [0.2, 0.25) is 5.91 Å². The quantitative estimate of drug-likeness (QED) is 0.819. The van der Waals surface area contributed by atoms with Crippen molar-refractivity contribution >= 4 is 11.9 Å². The predicted molar refractivity (Wildman–Crippen MR) is 71.6 cm³/mol. The molecule has 0 bridgehead atoms. The summed E-state index contributed by atoms with van der Waals surface area (Å²) in [6.07, 6.45) is 1.36. The van der Waals surface area contributed by atoms with Crippen LogP contribution in [0.3, 0.4) is 0 Å². The summed E-state index contributed by atoms with van der Waals surface area (Å²) in [7, 11) is 0. The Morgan fingerprint density at radius 2 is 2.00 bits per heavy atom. The van der Waals surface area contributed by atoms with Crippen molar-refractivity contribution in [3.05, 3.63) is 35.9 Å². The summed E-state index contributed by atoms with van der Waals surface area (Å²) < 4.78 is 0. The van der Waals surface area contributed by atoms with Crippen LogP contribution in [0.15, 0.2) is 30.3 Å². The Labute approximate surface area is 112 Å². The van der Waals surface area contributed by atoms with E-state index < -0.39 is 11.9 Å². The number of carboxylic acids is 1. The van der Waals surface area contributed by atoms with Crippen molar-refractivity contribution in [3.63, 3.8) is 0 Å². The third-order valence-corrected chi connectivity index (χ3v) is 3.64. The summed E-state index contributed by atoms with van der Waals surface area (Å²) in [6, 6.07) is 9.48. The second kappa shape index (κ2) is 5.87. The highest BCUT2D eigenvalue weighted by Crippen LogP contribution is 2.37. The molecule has 1 aliphatic carbocycles. The van der Waals surface area contributed by atoms with Gasteiger partial charge in [-0.25, -0.2) is 0 Å². The molecule has 2 N–H and O–H groups in total. The first kappa shape index (κ1) is 13.6. The molecule has 0 radical (unpaired) electrons. The molecule has 0 aromatic heterocycles. The van der Waals surface area contributed by atoms with Gasteiger partial charge < -0.3 is 10.4 Å². The normalized spacial score (nSPS) is 22.6. The molecule has 1 saturated carbocycles. The van der Waals surface area contributed by atoms with Gasteiger partial charge in [0, 0.05) is 12.5 Å². The number of aliphatic carboxylic acids is 1. The van der Waals surface area contributed by atoms with Gasteiger partial charge in [0.15, 0.2) is 0 Å². The van der Waals surface area contributed by atoms with Gasteiger partial charge in [-0.3, -0.25) is 9.59 Å². The van der Waals surface area contributed by atoms with E-state index >= 15 is 0 Å². The number of nitrogens with one attached hydrogen (secondary N) is 1. The van der Waals surface area contributed by atoms with Crippen LogP contribution in [0, 0.1) is 17.8 Å². The average molecular weight is 261 g/mol. The molecule has 19 heavy (non-hydrogen) atoms. The SMILES string of the molecule is C[C@@H]1C[C@H]1C(=O)NC[C@H](Cc1ccccc1)C(=O)O. The van der Waals surface area contributed by atoms with Gasteiger partial charge in [-0.15, -0.1) is 0 Å². The fourth-order valence-corrected chi connectivity index (χ4v) is 2.19. The van der Waals surface area contributed by atoms with Crippen molar-refractivity contribution in [1.82, 2.24) is 5.32 Å². The second-order valence-corrected chi connectivity index (χ2v) is 5.29. The van der Waals surface area contributed by atoms with Crippen LogP contribution in [-0.4, -0.2) is 23.5 Å². The van der Waals surface area contributed by atoms with E-state index in [0.29, 0.717) is 12.3 Å². The lowest BCUT2D eigenvalue weighted by molar-refractivity contribution is -0.141. The molecule has 0 unspecified atom stereocenters. The fourth-order valence-electron chi connectivity index (χ4n) is 2.19. The van der Waals surface area contributed by atoms with Crippen LogP contribution in [0.25, 0.3) is 0 Å². The Hall–Kier alpha value is -1.84. The van der Waals surface area contributed by atoms with Crippen LogP contribution in [-0.2, 0) is 16.0 Å². The molecule has 4 nitrogen and oxygen atoms in total. The van der Waals surface area contributed by atoms with E-state index in [1.165, 1.54) is 0 Å². The predicted octanol–water partition coefficient (Wildman–Crippen LogP) is 1.70. The zero-order chi connectivity index (χ0) is 13.8. The van der Waals surface area contributed by atoms with Crippen molar-refractivity contribution in [2.24, 2.45) is 17.8 Å². The fraction of sp³-hybridized carbons (Fsp3) is 0.467. The second-order valence-electron chi connectivity index (χ2n) is 5.29. The highest BCUT2D eigenvalue weighted by Gasteiger charge is 2.39. The van der Waals surface area contributed by atoms with Crippen LogP contribution < -0.4 is 5.32 Å². The molecule has 2 rings (SSSR count). The smallest absolute Gasteiger partial charge is 0.308 e. The maximum atomic E-state index is 11.7. The van der Waals surface area contributed by atoms with E-state index in [1.807, 2.05) is 37.3 Å². The van der Waals surface area contributed by atoms with E-state index in [-0.39, 0.29) is 18.4 Å². The van der Waals surface area contributed by atoms with Gasteiger partial charge in [0.25, 0.3) is 0 Å². The lowest BCUT2D eigenvalue weighted by Crippen LogP contribution is -2.35. The Kier molecular flexibility index (Phi) is 4.20. The Bertz CT molecular complexity index is 458. The zero-order valence-electron chi connectivity index (χ0n) is 11.0. The Morgan fingerprint density at radius 3 is 2.53 bits per heavy atom. The summed E-state index contributed by atoms with van der Waals surface area (Å²) in [4.78, 5) is 22.9. The molecule has 1 fully saturated rings. The number of carbonyl (C=O) groups excluding carboxylic acids is 1. The van der Waals surface area contributed by atoms with Crippen molar-refractivity contribution in [2.75, 3.05) is 6.54 Å². The van der Waals surface area contributed by atoms with Crippen LogP contribution in [0.1, 0.15) is 18.9 Å². The van der Waals surface area contributed by atoms with E-state index in [9.17, 15) is 14.7 Å². The maximum Gasteiger partial charge on any atom is 0.308 e. The Balaban J connectivity index is 1.86. The minimum Gasteiger partial charge on any atom is -0.481 e. The van der Waals surface area contributed by atoms with Gasteiger partial charge in [0.1, 0.15) is 0 Å². The van der Waals surface area contributed by atoms with Crippen LogP contribution in [0.5, 0.6) is 0 Å². The lowest BCUT2D eigenvalue weighted by Gasteiger charge is -2.13. The summed E-state index contributed by atoms with van der Waals surface area (Å²) in [5.74, 6) is -0.913. The highest BCUT2D eigenvalue weighted by molar-refractivity contribution is 5.82. The summed E-state index contributed by atoms with van der Waals surface area (Å²) in [5.41, 5.74) is 0.976. The van der Waals surface area contributed by atoms with Gasteiger partial charge in [-0.05, 0) is 24.3 Å². The maximum absolute atomic E-state index is 11.7. The van der Waals surface area contributed by atoms with Crippen LogP contribution in [0.4, 0.5) is 0 Å². The van der Waals surface area contributed by atoms with E-state index in [2.05, 4.69) is 5.32 Å². The molecule has 1 aliphatic rings. The topological polar surface area (TPSA) is 66.4 Å². The number of hydrogen-bond acceptors (Lipinski definition) is 2. The van der Waals surface area contributed by atoms with Crippen molar-refractivity contribution in [2.45, 2.75) is 19.8 Å². The molecule has 102 valence electrons. The summed E-state index contributed by atoms with van der Waals surface area (Å²) in [5, 5.41) is 12.0. The largest absolute Gasteiger partial charge is 0.481 e. The van der Waals surface area contributed by atoms with E-state index in [1.54, 1.807) is 0 Å². The number of carbonyl (C=O) groups is 2. The van der Waals surface area contributed by atoms with Crippen LogP contribution in [0.2, 0.25) is 0 Å². The molecule has 0 heterocycles. The molecule has 0 spiro atoms. The summed E-state index contributed by atoms with van der Waals surface area (Å²) >= 11 is 0. The van der Waals surface area contributed by atoms with Gasteiger partial charge in [-0.1, -0.05) is 37.3 Å². The van der Waals surface area contributed by atoms with Crippen molar-refractivity contribution in [1.29, 1.82) is 0 Å². The minimum absolute atomic E-state index is 0.00758. The molecule has 0 saturated heterocycles. The highest BCUT2D eigenvalue weighted by atomic mass is 16.4.